The summed E-state index contributed by atoms with van der Waals surface area (Å²) in [6, 6.07) is 10.6. The van der Waals surface area contributed by atoms with E-state index in [2.05, 4.69) is 77.0 Å². The van der Waals surface area contributed by atoms with Crippen molar-refractivity contribution in [3.8, 4) is 0 Å². The van der Waals surface area contributed by atoms with Crippen molar-refractivity contribution >= 4 is 26.8 Å². The molecule has 2 rings (SSSR count). The normalized spacial score (nSPS) is 13.1. The summed E-state index contributed by atoms with van der Waals surface area (Å²) in [6.45, 7) is 6.34. The zero-order chi connectivity index (χ0) is 13.8. The minimum absolute atomic E-state index is 0.575. The number of alkyl halides is 1. The molecule has 1 unspecified atom stereocenters. The summed E-state index contributed by atoms with van der Waals surface area (Å²) in [6.07, 6.45) is 1.17. The number of halogens is 1. The van der Waals surface area contributed by atoms with Gasteiger partial charge in [-0.2, -0.15) is 0 Å². The molecule has 19 heavy (non-hydrogen) atoms. The van der Waals surface area contributed by atoms with Crippen molar-refractivity contribution in [2.45, 2.75) is 31.6 Å². The first-order valence-electron chi connectivity index (χ1n) is 6.74. The first-order chi connectivity index (χ1) is 9.06. The Morgan fingerprint density at radius 3 is 2.79 bits per heavy atom. The van der Waals surface area contributed by atoms with Crippen molar-refractivity contribution in [3.63, 3.8) is 0 Å². The molecule has 0 fully saturated rings. The van der Waals surface area contributed by atoms with Gasteiger partial charge in [0, 0.05) is 22.5 Å². The maximum atomic E-state index is 4.59. The Labute approximate surface area is 124 Å². The fraction of sp³-hybridized carbons (Fsp3) is 0.438. The standard InChI is InChI=1S/C16H21BrN2/c1-12(17)8-9-19(3)11-14-10-13(2)18-16-7-5-4-6-15(14)16/h4-7,10,12H,8-9,11H2,1-3H3. The van der Waals surface area contributed by atoms with Crippen molar-refractivity contribution in [2.75, 3.05) is 13.6 Å². The van der Waals surface area contributed by atoms with Gasteiger partial charge in [-0.25, -0.2) is 0 Å². The molecule has 2 aromatic rings. The van der Waals surface area contributed by atoms with Gasteiger partial charge in [0.2, 0.25) is 0 Å². The van der Waals surface area contributed by atoms with Crippen LogP contribution < -0.4 is 0 Å². The van der Waals surface area contributed by atoms with Crippen LogP contribution in [-0.2, 0) is 6.54 Å². The van der Waals surface area contributed by atoms with Crippen LogP contribution in [-0.4, -0.2) is 28.3 Å². The van der Waals surface area contributed by atoms with Gasteiger partial charge in [-0.15, -0.1) is 0 Å². The highest BCUT2D eigenvalue weighted by molar-refractivity contribution is 9.09. The average Bonchev–Trinajstić information content (AvgIpc) is 2.36. The average molecular weight is 321 g/mol. The molecule has 0 saturated carbocycles. The van der Waals surface area contributed by atoms with Crippen LogP contribution in [0.5, 0.6) is 0 Å². The Morgan fingerprint density at radius 2 is 2.05 bits per heavy atom. The van der Waals surface area contributed by atoms with Crippen molar-refractivity contribution in [1.82, 2.24) is 9.88 Å². The summed E-state index contributed by atoms with van der Waals surface area (Å²) in [4.78, 5) is 7.54. The minimum Gasteiger partial charge on any atom is -0.302 e. The summed E-state index contributed by atoms with van der Waals surface area (Å²) in [5.41, 5.74) is 3.56. The van der Waals surface area contributed by atoms with Crippen LogP contribution >= 0.6 is 15.9 Å². The van der Waals surface area contributed by atoms with Gasteiger partial charge in [0.05, 0.1) is 5.52 Å². The van der Waals surface area contributed by atoms with Crippen LogP contribution in [0.1, 0.15) is 24.6 Å². The molecular weight excluding hydrogens is 300 g/mol. The molecule has 0 bridgehead atoms. The zero-order valence-electron chi connectivity index (χ0n) is 11.9. The fourth-order valence-corrected chi connectivity index (χ4v) is 2.50. The summed E-state index contributed by atoms with van der Waals surface area (Å²) < 4.78 is 0. The summed E-state index contributed by atoms with van der Waals surface area (Å²) >= 11 is 3.60. The highest BCUT2D eigenvalue weighted by Gasteiger charge is 2.07. The van der Waals surface area contributed by atoms with E-state index in [-0.39, 0.29) is 0 Å². The number of benzene rings is 1. The number of hydrogen-bond donors (Lipinski definition) is 0. The first kappa shape index (κ1) is 14.5. The highest BCUT2D eigenvalue weighted by Crippen LogP contribution is 2.19. The van der Waals surface area contributed by atoms with E-state index in [0.29, 0.717) is 4.83 Å². The van der Waals surface area contributed by atoms with Crippen molar-refractivity contribution in [1.29, 1.82) is 0 Å². The van der Waals surface area contributed by atoms with Crippen LogP contribution in [0.2, 0.25) is 0 Å². The lowest BCUT2D eigenvalue weighted by molar-refractivity contribution is 0.324. The van der Waals surface area contributed by atoms with Gasteiger partial charge in [0.15, 0.2) is 0 Å². The smallest absolute Gasteiger partial charge is 0.0708 e. The monoisotopic (exact) mass is 320 g/mol. The van der Waals surface area contributed by atoms with E-state index in [4.69, 9.17) is 0 Å². The largest absolute Gasteiger partial charge is 0.302 e. The number of aryl methyl sites for hydroxylation is 1. The number of rotatable bonds is 5. The maximum absolute atomic E-state index is 4.59. The molecule has 1 aromatic heterocycles. The number of para-hydroxylation sites is 1. The molecular formula is C16H21BrN2. The molecule has 1 aromatic carbocycles. The number of hydrogen-bond acceptors (Lipinski definition) is 2. The molecule has 102 valence electrons. The third kappa shape index (κ3) is 4.02. The molecule has 0 amide bonds. The van der Waals surface area contributed by atoms with Gasteiger partial charge in [-0.05, 0) is 44.6 Å². The zero-order valence-corrected chi connectivity index (χ0v) is 13.4. The molecule has 2 nitrogen and oxygen atoms in total. The molecule has 0 aliphatic rings. The molecule has 1 heterocycles. The fourth-order valence-electron chi connectivity index (χ4n) is 2.29. The van der Waals surface area contributed by atoms with Gasteiger partial charge in [0.25, 0.3) is 0 Å². The predicted molar refractivity (Wildman–Crippen MR) is 85.8 cm³/mol. The van der Waals surface area contributed by atoms with Gasteiger partial charge < -0.3 is 4.90 Å². The van der Waals surface area contributed by atoms with E-state index >= 15 is 0 Å². The molecule has 3 heteroatoms. The molecule has 0 radical (unpaired) electrons. The van der Waals surface area contributed by atoms with Crippen LogP contribution in [0.4, 0.5) is 0 Å². The Balaban J connectivity index is 2.20. The Kier molecular flexibility index (Phi) is 4.94. The van der Waals surface area contributed by atoms with E-state index < -0.39 is 0 Å². The molecule has 0 N–H and O–H groups in total. The van der Waals surface area contributed by atoms with Gasteiger partial charge in [0.1, 0.15) is 0 Å². The summed E-state index contributed by atoms with van der Waals surface area (Å²) in [5, 5.41) is 1.27. The molecule has 0 saturated heterocycles. The maximum Gasteiger partial charge on any atom is 0.0708 e. The lowest BCUT2D eigenvalue weighted by Gasteiger charge is -2.19. The van der Waals surface area contributed by atoms with Crippen LogP contribution in [0.3, 0.4) is 0 Å². The Hall–Kier alpha value is -0.930. The van der Waals surface area contributed by atoms with E-state index in [1.165, 1.54) is 17.4 Å². The first-order valence-corrected chi connectivity index (χ1v) is 7.65. The van der Waals surface area contributed by atoms with Crippen LogP contribution in [0.25, 0.3) is 10.9 Å². The van der Waals surface area contributed by atoms with E-state index in [0.717, 1.165) is 24.3 Å². The number of pyridine rings is 1. The van der Waals surface area contributed by atoms with Crippen molar-refractivity contribution < 1.29 is 0 Å². The second kappa shape index (κ2) is 6.49. The molecule has 0 aliphatic carbocycles. The predicted octanol–water partition coefficient (Wildman–Crippen LogP) is 4.15. The van der Waals surface area contributed by atoms with Crippen LogP contribution in [0.15, 0.2) is 30.3 Å². The summed E-state index contributed by atoms with van der Waals surface area (Å²) in [5.74, 6) is 0. The van der Waals surface area contributed by atoms with Gasteiger partial charge in [-0.1, -0.05) is 41.1 Å². The van der Waals surface area contributed by atoms with Gasteiger partial charge in [-0.3, -0.25) is 4.98 Å². The highest BCUT2D eigenvalue weighted by atomic mass is 79.9. The Morgan fingerprint density at radius 1 is 1.32 bits per heavy atom. The topological polar surface area (TPSA) is 16.1 Å². The third-order valence-electron chi connectivity index (χ3n) is 3.28. The van der Waals surface area contributed by atoms with E-state index in [1.54, 1.807) is 0 Å². The molecule has 0 aliphatic heterocycles. The van der Waals surface area contributed by atoms with E-state index in [9.17, 15) is 0 Å². The molecule has 0 spiro atoms. The second-order valence-corrected chi connectivity index (χ2v) is 6.81. The second-order valence-electron chi connectivity index (χ2n) is 5.25. The number of nitrogens with zero attached hydrogens (tertiary/aromatic N) is 2. The molecule has 1 atom stereocenters. The third-order valence-corrected chi connectivity index (χ3v) is 3.74. The van der Waals surface area contributed by atoms with Crippen molar-refractivity contribution in [3.05, 3.63) is 41.6 Å². The lowest BCUT2D eigenvalue weighted by Crippen LogP contribution is -2.21. The van der Waals surface area contributed by atoms with E-state index in [1.807, 2.05) is 0 Å². The SMILES string of the molecule is Cc1cc(CN(C)CCC(C)Br)c2ccccc2n1. The quantitative estimate of drug-likeness (QED) is 0.769. The number of fused-ring (bicyclic) bond motifs is 1. The van der Waals surface area contributed by atoms with Gasteiger partial charge >= 0.3 is 0 Å². The summed E-state index contributed by atoms with van der Waals surface area (Å²) in [7, 11) is 2.18. The van der Waals surface area contributed by atoms with Crippen LogP contribution in [0, 0.1) is 6.92 Å². The minimum atomic E-state index is 0.575. The number of aromatic nitrogens is 1. The Bertz CT molecular complexity index is 551. The lowest BCUT2D eigenvalue weighted by atomic mass is 10.1. The van der Waals surface area contributed by atoms with Crippen molar-refractivity contribution in [2.24, 2.45) is 0 Å².